The number of ether oxygens (including phenoxy) is 2. The Labute approximate surface area is 159 Å². The Balaban J connectivity index is 1.82. The summed E-state index contributed by atoms with van der Waals surface area (Å²) in [5.74, 6) is -0.186. The number of carbonyl (C=O) groups is 1. The van der Waals surface area contributed by atoms with Crippen molar-refractivity contribution in [3.05, 3.63) is 59.7 Å². The zero-order valence-electron chi connectivity index (χ0n) is 15.6. The molecule has 27 heavy (non-hydrogen) atoms. The van der Waals surface area contributed by atoms with E-state index >= 15 is 0 Å². The van der Waals surface area contributed by atoms with Crippen molar-refractivity contribution in [1.82, 2.24) is 4.31 Å². The Morgan fingerprint density at radius 2 is 1.70 bits per heavy atom. The molecule has 0 saturated carbocycles. The van der Waals surface area contributed by atoms with Crippen LogP contribution < -0.4 is 4.74 Å². The fraction of sp³-hybridized carbons (Fsp3) is 0.350. The number of morpholine rings is 1. The molecular weight excluding hydrogens is 366 g/mol. The monoisotopic (exact) mass is 389 g/mol. The van der Waals surface area contributed by atoms with Crippen LogP contribution in [0, 0.1) is 6.92 Å². The van der Waals surface area contributed by atoms with Crippen molar-refractivity contribution in [2.45, 2.75) is 37.9 Å². The lowest BCUT2D eigenvalue weighted by atomic mass is 10.2. The number of esters is 1. The van der Waals surface area contributed by atoms with E-state index in [9.17, 15) is 13.2 Å². The smallest absolute Gasteiger partial charge is 0.343 e. The Morgan fingerprint density at radius 1 is 1.07 bits per heavy atom. The van der Waals surface area contributed by atoms with Crippen molar-refractivity contribution >= 4 is 16.0 Å². The minimum absolute atomic E-state index is 0.0714. The lowest BCUT2D eigenvalue weighted by Gasteiger charge is -2.34. The normalized spacial score (nSPS) is 21.0. The zero-order chi connectivity index (χ0) is 19.6. The highest BCUT2D eigenvalue weighted by atomic mass is 32.2. The van der Waals surface area contributed by atoms with E-state index < -0.39 is 16.0 Å². The van der Waals surface area contributed by atoms with E-state index in [1.807, 2.05) is 32.9 Å². The lowest BCUT2D eigenvalue weighted by molar-refractivity contribution is -0.0440. The third-order valence-electron chi connectivity index (χ3n) is 4.33. The number of aryl methyl sites for hydroxylation is 1. The van der Waals surface area contributed by atoms with Gasteiger partial charge < -0.3 is 9.47 Å². The molecule has 2 aromatic carbocycles. The summed E-state index contributed by atoms with van der Waals surface area (Å²) in [5.41, 5.74) is 1.24. The molecule has 0 aliphatic carbocycles. The Kier molecular flexibility index (Phi) is 5.64. The third kappa shape index (κ3) is 4.55. The molecule has 0 bridgehead atoms. The van der Waals surface area contributed by atoms with Gasteiger partial charge in [-0.15, -0.1) is 0 Å². The van der Waals surface area contributed by atoms with E-state index in [1.54, 1.807) is 24.3 Å². The van der Waals surface area contributed by atoms with E-state index in [-0.39, 0.29) is 35.8 Å². The molecule has 0 radical (unpaired) electrons. The fourth-order valence-corrected chi connectivity index (χ4v) is 4.67. The summed E-state index contributed by atoms with van der Waals surface area (Å²) in [6, 6.07) is 13.0. The first-order chi connectivity index (χ1) is 12.8. The standard InChI is InChI=1S/C20H23NO5S/c1-14-7-9-18(10-8-14)26-20(22)17-5-4-6-19(11-17)27(23,24)21-12-15(2)25-16(3)13-21/h4-11,15-16H,12-13H2,1-3H3/t15-,16-/m0/s1. The zero-order valence-corrected chi connectivity index (χ0v) is 16.4. The predicted molar refractivity (Wildman–Crippen MR) is 101 cm³/mol. The predicted octanol–water partition coefficient (Wildman–Crippen LogP) is 3.01. The summed E-state index contributed by atoms with van der Waals surface area (Å²) < 4.78 is 38.3. The first-order valence-electron chi connectivity index (χ1n) is 8.80. The van der Waals surface area contributed by atoms with Gasteiger partial charge in [0.15, 0.2) is 0 Å². The SMILES string of the molecule is Cc1ccc(OC(=O)c2cccc(S(=O)(=O)N3C[C@H](C)O[C@@H](C)C3)c2)cc1. The fourth-order valence-electron chi connectivity index (χ4n) is 3.03. The van der Waals surface area contributed by atoms with Crippen molar-refractivity contribution < 1.29 is 22.7 Å². The summed E-state index contributed by atoms with van der Waals surface area (Å²) in [6.45, 7) is 6.18. The third-order valence-corrected chi connectivity index (χ3v) is 6.15. The van der Waals surface area contributed by atoms with Gasteiger partial charge in [0, 0.05) is 13.1 Å². The van der Waals surface area contributed by atoms with Gasteiger partial charge in [-0.1, -0.05) is 23.8 Å². The first kappa shape index (κ1) is 19.5. The van der Waals surface area contributed by atoms with Crippen molar-refractivity contribution in [3.8, 4) is 5.75 Å². The highest BCUT2D eigenvalue weighted by Gasteiger charge is 2.32. The van der Waals surface area contributed by atoms with Crippen molar-refractivity contribution in [1.29, 1.82) is 0 Å². The molecule has 0 N–H and O–H groups in total. The summed E-state index contributed by atoms with van der Waals surface area (Å²) in [6.07, 6.45) is -0.364. The van der Waals surface area contributed by atoms with Crippen LogP contribution in [0.5, 0.6) is 5.75 Å². The van der Waals surface area contributed by atoms with Crippen LogP contribution >= 0.6 is 0 Å². The number of carbonyl (C=O) groups excluding carboxylic acids is 1. The first-order valence-corrected chi connectivity index (χ1v) is 10.2. The van der Waals surface area contributed by atoms with Gasteiger partial charge in [-0.2, -0.15) is 4.31 Å². The molecule has 2 atom stereocenters. The number of sulfonamides is 1. The summed E-state index contributed by atoms with van der Waals surface area (Å²) >= 11 is 0. The van der Waals surface area contributed by atoms with Crippen molar-refractivity contribution in [2.24, 2.45) is 0 Å². The molecule has 0 aromatic heterocycles. The maximum Gasteiger partial charge on any atom is 0.343 e. The molecule has 7 heteroatoms. The van der Waals surface area contributed by atoms with Gasteiger partial charge in [0.1, 0.15) is 5.75 Å². The number of rotatable bonds is 4. The Morgan fingerprint density at radius 3 is 2.33 bits per heavy atom. The van der Waals surface area contributed by atoms with E-state index in [2.05, 4.69) is 0 Å². The molecule has 3 rings (SSSR count). The highest BCUT2D eigenvalue weighted by molar-refractivity contribution is 7.89. The summed E-state index contributed by atoms with van der Waals surface area (Å²) in [7, 11) is -3.72. The Bertz CT molecular complexity index is 914. The van der Waals surface area contributed by atoms with E-state index in [0.29, 0.717) is 5.75 Å². The van der Waals surface area contributed by atoms with Crippen LogP contribution in [0.15, 0.2) is 53.4 Å². The van der Waals surface area contributed by atoms with E-state index in [1.165, 1.54) is 16.4 Å². The molecule has 144 valence electrons. The topological polar surface area (TPSA) is 72.9 Å². The largest absolute Gasteiger partial charge is 0.423 e. The number of hydrogen-bond donors (Lipinski definition) is 0. The summed E-state index contributed by atoms with van der Waals surface area (Å²) in [4.78, 5) is 12.5. The van der Waals surface area contributed by atoms with Gasteiger partial charge in [-0.3, -0.25) is 0 Å². The molecule has 2 aromatic rings. The average molecular weight is 389 g/mol. The molecule has 1 heterocycles. The van der Waals surface area contributed by atoms with Crippen LogP contribution in [-0.2, 0) is 14.8 Å². The van der Waals surface area contributed by atoms with Gasteiger partial charge in [0.25, 0.3) is 0 Å². The van der Waals surface area contributed by atoms with Crippen LogP contribution in [0.2, 0.25) is 0 Å². The molecule has 1 aliphatic rings. The van der Waals surface area contributed by atoms with Crippen LogP contribution in [-0.4, -0.2) is 44.0 Å². The van der Waals surface area contributed by atoms with E-state index in [0.717, 1.165) is 5.56 Å². The Hall–Kier alpha value is -2.22. The second-order valence-corrected chi connectivity index (χ2v) is 8.75. The molecule has 1 aliphatic heterocycles. The lowest BCUT2D eigenvalue weighted by Crippen LogP contribution is -2.48. The molecule has 1 saturated heterocycles. The second kappa shape index (κ2) is 7.80. The van der Waals surface area contributed by atoms with Gasteiger partial charge >= 0.3 is 5.97 Å². The maximum absolute atomic E-state index is 13.0. The molecule has 0 amide bonds. The molecule has 6 nitrogen and oxygen atoms in total. The van der Waals surface area contributed by atoms with Crippen LogP contribution in [0.3, 0.4) is 0 Å². The van der Waals surface area contributed by atoms with Gasteiger partial charge in [0.05, 0.1) is 22.7 Å². The molecule has 1 fully saturated rings. The quantitative estimate of drug-likeness (QED) is 0.594. The van der Waals surface area contributed by atoms with Gasteiger partial charge in [-0.25, -0.2) is 13.2 Å². The molecular formula is C20H23NO5S. The highest BCUT2D eigenvalue weighted by Crippen LogP contribution is 2.22. The molecule has 0 spiro atoms. The van der Waals surface area contributed by atoms with Gasteiger partial charge in [-0.05, 0) is 51.1 Å². The minimum Gasteiger partial charge on any atom is -0.423 e. The summed E-state index contributed by atoms with van der Waals surface area (Å²) in [5, 5.41) is 0. The minimum atomic E-state index is -3.72. The van der Waals surface area contributed by atoms with Crippen LogP contribution in [0.25, 0.3) is 0 Å². The van der Waals surface area contributed by atoms with E-state index in [4.69, 9.17) is 9.47 Å². The number of nitrogens with zero attached hydrogens (tertiary/aromatic N) is 1. The van der Waals surface area contributed by atoms with Crippen LogP contribution in [0.4, 0.5) is 0 Å². The molecule has 0 unspecified atom stereocenters. The van der Waals surface area contributed by atoms with Crippen molar-refractivity contribution in [2.75, 3.05) is 13.1 Å². The number of hydrogen-bond acceptors (Lipinski definition) is 5. The average Bonchev–Trinajstić information content (AvgIpc) is 2.63. The maximum atomic E-state index is 13.0. The van der Waals surface area contributed by atoms with Crippen LogP contribution in [0.1, 0.15) is 29.8 Å². The van der Waals surface area contributed by atoms with Gasteiger partial charge in [0.2, 0.25) is 10.0 Å². The second-order valence-electron chi connectivity index (χ2n) is 6.81. The number of benzene rings is 2. The van der Waals surface area contributed by atoms with Crippen molar-refractivity contribution in [3.63, 3.8) is 0 Å².